The molecule has 6 heteroatoms. The Labute approximate surface area is 131 Å². The normalized spacial score (nSPS) is 10.7. The smallest absolute Gasteiger partial charge is 0.187 e. The molecule has 0 aliphatic heterocycles. The van der Waals surface area contributed by atoms with Crippen LogP contribution in [0.25, 0.3) is 0 Å². The van der Waals surface area contributed by atoms with Gasteiger partial charge < -0.3 is 15.2 Å². The second kappa shape index (κ2) is 6.25. The van der Waals surface area contributed by atoms with Crippen molar-refractivity contribution in [3.8, 4) is 17.2 Å². The maximum absolute atomic E-state index is 5.87. The summed E-state index contributed by atoms with van der Waals surface area (Å²) in [4.78, 5) is 7.85. The van der Waals surface area contributed by atoms with Crippen molar-refractivity contribution in [1.29, 1.82) is 0 Å². The zero-order valence-electron chi connectivity index (χ0n) is 11.6. The Morgan fingerprint density at radius 2 is 1.95 bits per heavy atom. The fraction of sp³-hybridized carbons (Fsp3) is 0.286. The Bertz CT molecular complexity index is 617. The van der Waals surface area contributed by atoms with Gasteiger partial charge in [-0.05, 0) is 40.6 Å². The third-order valence-electron chi connectivity index (χ3n) is 2.83. The lowest BCUT2D eigenvalue weighted by Crippen LogP contribution is -2.00. The molecule has 0 aliphatic rings. The molecule has 106 valence electrons. The largest absolute Gasteiger partial charge is 0.496 e. The molecule has 0 aliphatic carbocycles. The standard InChI is InChI=1S/C14H16IN3O2/c1-8(2)9-4-12(19-3)10(15)5-11(9)20-13-6-17-7-18-14(13)16/h4-8H,1-3H3,(H2,16,17,18). The van der Waals surface area contributed by atoms with E-state index < -0.39 is 0 Å². The topological polar surface area (TPSA) is 70.3 Å². The van der Waals surface area contributed by atoms with E-state index in [1.807, 2.05) is 12.1 Å². The van der Waals surface area contributed by atoms with E-state index in [-0.39, 0.29) is 0 Å². The number of methoxy groups -OCH3 is 1. The minimum absolute atomic E-state index is 0.293. The highest BCUT2D eigenvalue weighted by molar-refractivity contribution is 14.1. The van der Waals surface area contributed by atoms with Crippen molar-refractivity contribution in [2.24, 2.45) is 0 Å². The van der Waals surface area contributed by atoms with Gasteiger partial charge in [-0.15, -0.1) is 0 Å². The van der Waals surface area contributed by atoms with E-state index in [0.717, 1.165) is 20.6 Å². The number of nitrogens with zero attached hydrogens (tertiary/aromatic N) is 2. The molecule has 2 N–H and O–H groups in total. The molecule has 0 saturated heterocycles. The van der Waals surface area contributed by atoms with Crippen LogP contribution in [-0.2, 0) is 0 Å². The molecule has 20 heavy (non-hydrogen) atoms. The van der Waals surface area contributed by atoms with Gasteiger partial charge in [0.05, 0.1) is 16.9 Å². The van der Waals surface area contributed by atoms with E-state index in [1.54, 1.807) is 13.3 Å². The second-order valence-electron chi connectivity index (χ2n) is 4.55. The molecule has 5 nitrogen and oxygen atoms in total. The molecule has 0 unspecified atom stereocenters. The summed E-state index contributed by atoms with van der Waals surface area (Å²) in [6.07, 6.45) is 2.95. The van der Waals surface area contributed by atoms with Crippen molar-refractivity contribution in [2.45, 2.75) is 19.8 Å². The molecule has 0 amide bonds. The monoisotopic (exact) mass is 385 g/mol. The number of halogens is 1. The van der Waals surface area contributed by atoms with Crippen LogP contribution in [0, 0.1) is 3.57 Å². The molecule has 0 atom stereocenters. The molecule has 0 saturated carbocycles. The summed E-state index contributed by atoms with van der Waals surface area (Å²) < 4.78 is 12.2. The van der Waals surface area contributed by atoms with Crippen LogP contribution in [0.4, 0.5) is 5.82 Å². The van der Waals surface area contributed by atoms with Crippen LogP contribution in [0.2, 0.25) is 0 Å². The van der Waals surface area contributed by atoms with Crippen LogP contribution >= 0.6 is 22.6 Å². The number of nitrogen functional groups attached to an aromatic ring is 1. The second-order valence-corrected chi connectivity index (χ2v) is 5.72. The zero-order valence-corrected chi connectivity index (χ0v) is 13.7. The fourth-order valence-electron chi connectivity index (χ4n) is 1.77. The van der Waals surface area contributed by atoms with Crippen LogP contribution in [0.15, 0.2) is 24.7 Å². The van der Waals surface area contributed by atoms with Gasteiger partial charge in [-0.1, -0.05) is 13.8 Å². The first kappa shape index (κ1) is 14.8. The van der Waals surface area contributed by atoms with Crippen molar-refractivity contribution in [3.05, 3.63) is 33.8 Å². The minimum Gasteiger partial charge on any atom is -0.496 e. The van der Waals surface area contributed by atoms with Crippen LogP contribution in [0.1, 0.15) is 25.3 Å². The molecule has 0 radical (unpaired) electrons. The molecular weight excluding hydrogens is 369 g/mol. The van der Waals surface area contributed by atoms with E-state index in [0.29, 0.717) is 17.5 Å². The van der Waals surface area contributed by atoms with Gasteiger partial charge in [0, 0.05) is 5.56 Å². The number of rotatable bonds is 4. The van der Waals surface area contributed by atoms with Crippen molar-refractivity contribution in [2.75, 3.05) is 12.8 Å². The first-order valence-electron chi connectivity index (χ1n) is 6.13. The molecule has 0 spiro atoms. The summed E-state index contributed by atoms with van der Waals surface area (Å²) in [7, 11) is 1.66. The van der Waals surface area contributed by atoms with Gasteiger partial charge in [-0.25, -0.2) is 9.97 Å². The summed E-state index contributed by atoms with van der Waals surface area (Å²) in [6.45, 7) is 4.19. The number of nitrogens with two attached hydrogens (primary N) is 1. The SMILES string of the molecule is COc1cc(C(C)C)c(Oc2cncnc2N)cc1I. The maximum Gasteiger partial charge on any atom is 0.187 e. The van der Waals surface area contributed by atoms with Gasteiger partial charge in [0.1, 0.15) is 17.8 Å². The Kier molecular flexibility index (Phi) is 4.64. The fourth-order valence-corrected chi connectivity index (χ4v) is 2.43. The third-order valence-corrected chi connectivity index (χ3v) is 3.68. The number of ether oxygens (including phenoxy) is 2. The molecule has 2 aromatic rings. The van der Waals surface area contributed by atoms with Gasteiger partial charge in [-0.3, -0.25) is 0 Å². The van der Waals surface area contributed by atoms with Gasteiger partial charge in [0.2, 0.25) is 0 Å². The van der Waals surface area contributed by atoms with E-state index in [9.17, 15) is 0 Å². The van der Waals surface area contributed by atoms with Gasteiger partial charge in [-0.2, -0.15) is 0 Å². The predicted octanol–water partition coefficient (Wildman–Crippen LogP) is 3.59. The first-order chi connectivity index (χ1) is 9.52. The summed E-state index contributed by atoms with van der Waals surface area (Å²) in [5.74, 6) is 2.64. The van der Waals surface area contributed by atoms with E-state index in [4.69, 9.17) is 15.2 Å². The molecule has 0 bridgehead atoms. The van der Waals surface area contributed by atoms with Gasteiger partial charge in [0.25, 0.3) is 0 Å². The van der Waals surface area contributed by atoms with Gasteiger partial charge in [0.15, 0.2) is 11.6 Å². The number of benzene rings is 1. The first-order valence-corrected chi connectivity index (χ1v) is 7.21. The lowest BCUT2D eigenvalue weighted by Gasteiger charge is -2.16. The highest BCUT2D eigenvalue weighted by atomic mass is 127. The Balaban J connectivity index is 2.45. The summed E-state index contributed by atoms with van der Waals surface area (Å²) >= 11 is 2.21. The van der Waals surface area contributed by atoms with Crippen LogP contribution in [0.3, 0.4) is 0 Å². The molecule has 0 fully saturated rings. The summed E-state index contributed by atoms with van der Waals surface area (Å²) in [5.41, 5.74) is 6.83. The number of hydrogen-bond donors (Lipinski definition) is 1. The quantitative estimate of drug-likeness (QED) is 0.815. The highest BCUT2D eigenvalue weighted by Gasteiger charge is 2.15. The molecule has 1 heterocycles. The number of hydrogen-bond acceptors (Lipinski definition) is 5. The van der Waals surface area contributed by atoms with Crippen molar-refractivity contribution >= 4 is 28.4 Å². The predicted molar refractivity (Wildman–Crippen MR) is 86.3 cm³/mol. The molecule has 2 rings (SSSR count). The van der Waals surface area contributed by atoms with E-state index in [1.165, 1.54) is 6.33 Å². The average molecular weight is 385 g/mol. The lowest BCUT2D eigenvalue weighted by molar-refractivity contribution is 0.407. The van der Waals surface area contributed by atoms with Crippen LogP contribution in [0.5, 0.6) is 17.2 Å². The number of anilines is 1. The van der Waals surface area contributed by atoms with Crippen molar-refractivity contribution in [1.82, 2.24) is 9.97 Å². The molecular formula is C14H16IN3O2. The Hall–Kier alpha value is -1.57. The average Bonchev–Trinajstić information content (AvgIpc) is 2.41. The third kappa shape index (κ3) is 3.12. The van der Waals surface area contributed by atoms with Crippen LogP contribution in [-0.4, -0.2) is 17.1 Å². The van der Waals surface area contributed by atoms with Gasteiger partial charge >= 0.3 is 0 Å². The van der Waals surface area contributed by atoms with E-state index >= 15 is 0 Å². The summed E-state index contributed by atoms with van der Waals surface area (Å²) in [5, 5.41) is 0. The Morgan fingerprint density at radius 1 is 1.20 bits per heavy atom. The molecule has 1 aromatic carbocycles. The molecule has 1 aromatic heterocycles. The van der Waals surface area contributed by atoms with Crippen LogP contribution < -0.4 is 15.2 Å². The van der Waals surface area contributed by atoms with Crippen molar-refractivity contribution in [3.63, 3.8) is 0 Å². The zero-order chi connectivity index (χ0) is 14.7. The lowest BCUT2D eigenvalue weighted by atomic mass is 10.0. The Morgan fingerprint density at radius 3 is 2.55 bits per heavy atom. The summed E-state index contributed by atoms with van der Waals surface area (Å²) in [6, 6.07) is 3.92. The highest BCUT2D eigenvalue weighted by Crippen LogP contribution is 2.37. The minimum atomic E-state index is 0.293. The van der Waals surface area contributed by atoms with E-state index in [2.05, 4.69) is 46.4 Å². The van der Waals surface area contributed by atoms with Crippen molar-refractivity contribution < 1.29 is 9.47 Å². The maximum atomic E-state index is 5.87. The number of aromatic nitrogens is 2.